The van der Waals surface area contributed by atoms with Gasteiger partial charge in [-0.2, -0.15) is 0 Å². The van der Waals surface area contributed by atoms with Crippen LogP contribution in [0.4, 0.5) is 4.79 Å². The smallest absolute Gasteiger partial charge is 0.407 e. The molecular weight excluding hydrogens is 360 g/mol. The number of nitrogens with one attached hydrogen (secondary N) is 1. The number of nitrogens with zero attached hydrogens (tertiary/aromatic N) is 3. The fraction of sp³-hybridized carbons (Fsp3) is 0.294. The molecule has 0 saturated carbocycles. The number of ether oxygens (including phenoxy) is 1. The lowest BCUT2D eigenvalue weighted by molar-refractivity contribution is 0.130. The summed E-state index contributed by atoms with van der Waals surface area (Å²) in [4.78, 5) is 19.4. The molecule has 25 heavy (non-hydrogen) atoms. The van der Waals surface area contributed by atoms with Crippen LogP contribution in [0.15, 0.2) is 35.8 Å². The zero-order chi connectivity index (χ0) is 17.0. The molecule has 0 aliphatic carbocycles. The third-order valence-electron chi connectivity index (χ3n) is 4.76. The van der Waals surface area contributed by atoms with Crippen molar-refractivity contribution in [3.05, 3.63) is 46.6 Å². The summed E-state index contributed by atoms with van der Waals surface area (Å²) < 4.78 is 7.45. The van der Waals surface area contributed by atoms with Gasteiger partial charge in [0, 0.05) is 41.8 Å². The van der Waals surface area contributed by atoms with E-state index in [0.717, 1.165) is 41.5 Å². The third-order valence-corrected chi connectivity index (χ3v) is 5.76. The van der Waals surface area contributed by atoms with Crippen LogP contribution >= 0.6 is 22.9 Å². The van der Waals surface area contributed by atoms with Crippen LogP contribution in [0.25, 0.3) is 16.2 Å². The van der Waals surface area contributed by atoms with E-state index >= 15 is 0 Å². The number of carbonyl (C=O) groups excluding carboxylic acids is 1. The van der Waals surface area contributed by atoms with Gasteiger partial charge < -0.3 is 10.1 Å². The predicted octanol–water partition coefficient (Wildman–Crippen LogP) is 3.01. The molecule has 1 aromatic carbocycles. The molecule has 2 aliphatic rings. The molecule has 0 unspecified atom stereocenters. The number of hydrogen-bond acceptors (Lipinski definition) is 5. The summed E-state index contributed by atoms with van der Waals surface area (Å²) in [6.07, 6.45) is 1.69. The largest absolute Gasteiger partial charge is 0.443 e. The second-order valence-corrected chi connectivity index (χ2v) is 7.67. The first-order valence-corrected chi connectivity index (χ1v) is 9.33. The summed E-state index contributed by atoms with van der Waals surface area (Å²) in [6.45, 7) is 2.27. The van der Waals surface area contributed by atoms with Crippen LogP contribution in [0.1, 0.15) is 5.69 Å². The van der Waals surface area contributed by atoms with Crippen LogP contribution in [0, 0.1) is 0 Å². The average molecular weight is 375 g/mol. The number of carbonyl (C=O) groups is 1. The maximum atomic E-state index is 11.3. The highest BCUT2D eigenvalue weighted by atomic mass is 35.5. The Bertz CT molecular complexity index is 935. The number of rotatable bonds is 3. The molecule has 0 bridgehead atoms. The maximum Gasteiger partial charge on any atom is 0.407 e. The topological polar surface area (TPSA) is 58.9 Å². The van der Waals surface area contributed by atoms with Crippen molar-refractivity contribution in [2.24, 2.45) is 0 Å². The van der Waals surface area contributed by atoms with Crippen LogP contribution in [0.3, 0.4) is 0 Å². The molecule has 2 aromatic heterocycles. The predicted molar refractivity (Wildman–Crippen MR) is 96.0 cm³/mol. The summed E-state index contributed by atoms with van der Waals surface area (Å²) in [5.41, 5.74) is 3.18. The molecule has 8 heteroatoms. The first-order chi connectivity index (χ1) is 12.2. The molecule has 128 valence electrons. The van der Waals surface area contributed by atoms with Gasteiger partial charge in [-0.25, -0.2) is 9.78 Å². The number of thiazole rings is 1. The fourth-order valence-electron chi connectivity index (χ4n) is 3.60. The van der Waals surface area contributed by atoms with E-state index in [4.69, 9.17) is 21.3 Å². The van der Waals surface area contributed by atoms with Gasteiger partial charge in [0.2, 0.25) is 0 Å². The summed E-state index contributed by atoms with van der Waals surface area (Å²) in [7, 11) is 0. The van der Waals surface area contributed by atoms with Crippen molar-refractivity contribution in [1.29, 1.82) is 0 Å². The molecule has 0 spiro atoms. The Morgan fingerprint density at radius 1 is 1.32 bits per heavy atom. The van der Waals surface area contributed by atoms with Crippen molar-refractivity contribution in [3.8, 4) is 11.3 Å². The van der Waals surface area contributed by atoms with E-state index in [9.17, 15) is 4.79 Å². The summed E-state index contributed by atoms with van der Waals surface area (Å²) in [6, 6.07) is 7.85. The Hall–Kier alpha value is -2.09. The van der Waals surface area contributed by atoms with Crippen molar-refractivity contribution < 1.29 is 9.53 Å². The lowest BCUT2D eigenvalue weighted by Gasteiger charge is -2.17. The van der Waals surface area contributed by atoms with Crippen LogP contribution in [0.5, 0.6) is 0 Å². The number of amides is 1. The number of aromatic nitrogens is 2. The Labute approximate surface area is 153 Å². The van der Waals surface area contributed by atoms with E-state index in [1.165, 1.54) is 0 Å². The fourth-order valence-corrected chi connectivity index (χ4v) is 4.46. The molecular formula is C17H15ClN4O2S. The van der Waals surface area contributed by atoms with Gasteiger partial charge in [0.15, 0.2) is 4.96 Å². The summed E-state index contributed by atoms with van der Waals surface area (Å²) in [5, 5.41) is 5.63. The first kappa shape index (κ1) is 15.2. The third kappa shape index (κ3) is 2.59. The number of alkyl carbamates (subject to hydrolysis) is 1. The van der Waals surface area contributed by atoms with Gasteiger partial charge >= 0.3 is 6.09 Å². The van der Waals surface area contributed by atoms with E-state index in [0.29, 0.717) is 5.02 Å². The van der Waals surface area contributed by atoms with Gasteiger partial charge in [0.25, 0.3) is 0 Å². The van der Waals surface area contributed by atoms with E-state index in [1.807, 2.05) is 29.6 Å². The summed E-state index contributed by atoms with van der Waals surface area (Å²) in [5.74, 6) is 0. The second-order valence-electron chi connectivity index (χ2n) is 6.36. The molecule has 2 aliphatic heterocycles. The molecule has 2 saturated heterocycles. The highest BCUT2D eigenvalue weighted by Gasteiger charge is 2.42. The lowest BCUT2D eigenvalue weighted by atomic mass is 10.1. The highest BCUT2D eigenvalue weighted by Crippen LogP contribution is 2.30. The zero-order valence-corrected chi connectivity index (χ0v) is 14.8. The van der Waals surface area contributed by atoms with Gasteiger partial charge in [-0.05, 0) is 12.1 Å². The minimum absolute atomic E-state index is 0.0580. The van der Waals surface area contributed by atoms with Gasteiger partial charge in [0.05, 0.1) is 17.4 Å². The van der Waals surface area contributed by atoms with Crippen LogP contribution in [-0.2, 0) is 11.3 Å². The Balaban J connectivity index is 1.48. The number of halogens is 1. The van der Waals surface area contributed by atoms with Crippen molar-refractivity contribution >= 4 is 34.0 Å². The monoisotopic (exact) mass is 374 g/mol. The number of imidazole rings is 1. The SMILES string of the molecule is O=C1N[C@H]2CN(Cc3c(-c4ccc(Cl)cc4)nc4sccn34)C[C@H]2O1. The normalized spacial score (nSPS) is 23.0. The lowest BCUT2D eigenvalue weighted by Crippen LogP contribution is -2.32. The van der Waals surface area contributed by atoms with E-state index < -0.39 is 0 Å². The number of hydrogen-bond donors (Lipinski definition) is 1. The van der Waals surface area contributed by atoms with Gasteiger partial charge in [-0.3, -0.25) is 9.30 Å². The molecule has 2 atom stereocenters. The molecule has 3 aromatic rings. The van der Waals surface area contributed by atoms with Crippen molar-refractivity contribution in [2.45, 2.75) is 18.7 Å². The Morgan fingerprint density at radius 3 is 2.96 bits per heavy atom. The van der Waals surface area contributed by atoms with Crippen molar-refractivity contribution in [1.82, 2.24) is 19.6 Å². The summed E-state index contributed by atoms with van der Waals surface area (Å²) >= 11 is 7.64. The van der Waals surface area contributed by atoms with Crippen molar-refractivity contribution in [3.63, 3.8) is 0 Å². The maximum absolute atomic E-state index is 11.3. The van der Waals surface area contributed by atoms with Crippen LogP contribution < -0.4 is 5.32 Å². The van der Waals surface area contributed by atoms with E-state index in [1.54, 1.807) is 11.3 Å². The minimum atomic E-state index is -0.305. The highest BCUT2D eigenvalue weighted by molar-refractivity contribution is 7.15. The van der Waals surface area contributed by atoms with Crippen molar-refractivity contribution in [2.75, 3.05) is 13.1 Å². The molecule has 6 nitrogen and oxygen atoms in total. The molecule has 1 amide bonds. The number of likely N-dealkylation sites (tertiary alicyclic amines) is 1. The quantitative estimate of drug-likeness (QED) is 0.765. The Morgan fingerprint density at radius 2 is 2.16 bits per heavy atom. The average Bonchev–Trinajstić information content (AvgIpc) is 3.30. The molecule has 0 radical (unpaired) electrons. The van der Waals surface area contributed by atoms with E-state index in [2.05, 4.69) is 20.8 Å². The minimum Gasteiger partial charge on any atom is -0.443 e. The molecule has 2 fully saturated rings. The van der Waals surface area contributed by atoms with Crippen LogP contribution in [0.2, 0.25) is 5.02 Å². The molecule has 4 heterocycles. The number of fused-ring (bicyclic) bond motifs is 2. The molecule has 1 N–H and O–H groups in total. The zero-order valence-electron chi connectivity index (χ0n) is 13.2. The van der Waals surface area contributed by atoms with E-state index in [-0.39, 0.29) is 18.2 Å². The van der Waals surface area contributed by atoms with Gasteiger partial charge in [-0.15, -0.1) is 11.3 Å². The molecule has 5 rings (SSSR count). The standard InChI is InChI=1S/C17H15ClN4O2S/c18-11-3-1-10(2-4-11)15-13(22-5-6-25-16(22)20-15)8-21-7-12-14(9-21)24-17(23)19-12/h1-6,12,14H,7-9H2,(H,19,23)/t12-,14+/m0/s1. The van der Waals surface area contributed by atoms with Crippen LogP contribution in [-0.4, -0.2) is 45.6 Å². The number of benzene rings is 1. The van der Waals surface area contributed by atoms with Gasteiger partial charge in [-0.1, -0.05) is 23.7 Å². The Kier molecular flexibility index (Phi) is 3.48. The first-order valence-electron chi connectivity index (χ1n) is 8.07. The second kappa shape index (κ2) is 5.72. The van der Waals surface area contributed by atoms with Gasteiger partial charge in [0.1, 0.15) is 6.10 Å².